The number of nitrogens with zero attached hydrogens (tertiary/aromatic N) is 1. The number of pyridine rings is 1. The molecule has 0 aliphatic heterocycles. The molecule has 0 atom stereocenters. The predicted octanol–water partition coefficient (Wildman–Crippen LogP) is 2.27. The number of ether oxygens (including phenoxy) is 1. The lowest BCUT2D eigenvalue weighted by Gasteiger charge is -2.10. The molecule has 0 amide bonds. The van der Waals surface area contributed by atoms with E-state index in [1.165, 1.54) is 12.8 Å². The van der Waals surface area contributed by atoms with Gasteiger partial charge in [-0.3, -0.25) is 0 Å². The standard InChI is InChI=1S/C9H11IN2O/c1-11-9-8(13-6-2-3-6)7(10)4-5-12-9/h4-6H,2-3H2,1H3,(H,11,12). The van der Waals surface area contributed by atoms with Crippen molar-refractivity contribution < 1.29 is 4.74 Å². The third-order valence-corrected chi connectivity index (χ3v) is 2.75. The van der Waals surface area contributed by atoms with E-state index in [2.05, 4.69) is 32.9 Å². The predicted molar refractivity (Wildman–Crippen MR) is 60.2 cm³/mol. The summed E-state index contributed by atoms with van der Waals surface area (Å²) in [6.07, 6.45) is 4.56. The average Bonchev–Trinajstić information content (AvgIpc) is 2.92. The summed E-state index contributed by atoms with van der Waals surface area (Å²) in [6.45, 7) is 0. The largest absolute Gasteiger partial charge is 0.485 e. The lowest BCUT2D eigenvalue weighted by molar-refractivity contribution is 0.301. The highest BCUT2D eigenvalue weighted by atomic mass is 127. The summed E-state index contributed by atoms with van der Waals surface area (Å²) in [5.41, 5.74) is 0. The molecule has 0 aromatic carbocycles. The van der Waals surface area contributed by atoms with Crippen molar-refractivity contribution in [3.05, 3.63) is 15.8 Å². The van der Waals surface area contributed by atoms with Crippen LogP contribution in [0.5, 0.6) is 5.75 Å². The van der Waals surface area contributed by atoms with Crippen LogP contribution in [0.1, 0.15) is 12.8 Å². The van der Waals surface area contributed by atoms with Crippen molar-refractivity contribution in [2.24, 2.45) is 0 Å². The SMILES string of the molecule is CNc1nccc(I)c1OC1CC1. The summed E-state index contributed by atoms with van der Waals surface area (Å²) in [7, 11) is 1.86. The average molecular weight is 290 g/mol. The van der Waals surface area contributed by atoms with Gasteiger partial charge < -0.3 is 10.1 Å². The minimum absolute atomic E-state index is 0.421. The van der Waals surface area contributed by atoms with Crippen molar-refractivity contribution in [2.45, 2.75) is 18.9 Å². The van der Waals surface area contributed by atoms with Gasteiger partial charge in [0.25, 0.3) is 0 Å². The molecule has 70 valence electrons. The second-order valence-corrected chi connectivity index (χ2v) is 4.20. The number of halogens is 1. The summed E-state index contributed by atoms with van der Waals surface area (Å²) in [5, 5.41) is 3.03. The fraction of sp³-hybridized carbons (Fsp3) is 0.444. The Balaban J connectivity index is 2.27. The maximum atomic E-state index is 5.75. The van der Waals surface area contributed by atoms with E-state index in [9.17, 15) is 0 Å². The molecule has 1 N–H and O–H groups in total. The van der Waals surface area contributed by atoms with Gasteiger partial charge in [0, 0.05) is 13.2 Å². The maximum absolute atomic E-state index is 5.75. The van der Waals surface area contributed by atoms with Gasteiger partial charge in [0.2, 0.25) is 0 Å². The first kappa shape index (κ1) is 9.05. The Morgan fingerprint density at radius 3 is 3.00 bits per heavy atom. The smallest absolute Gasteiger partial charge is 0.175 e. The Labute approximate surface area is 91.0 Å². The molecule has 1 aliphatic rings. The zero-order valence-corrected chi connectivity index (χ0v) is 9.54. The molecule has 0 unspecified atom stereocenters. The zero-order valence-electron chi connectivity index (χ0n) is 7.38. The molecule has 1 aromatic rings. The van der Waals surface area contributed by atoms with Crippen LogP contribution in [-0.4, -0.2) is 18.1 Å². The second kappa shape index (κ2) is 3.69. The van der Waals surface area contributed by atoms with Crippen LogP contribution in [0.4, 0.5) is 5.82 Å². The van der Waals surface area contributed by atoms with E-state index in [1.54, 1.807) is 6.20 Å². The van der Waals surface area contributed by atoms with Gasteiger partial charge in [0.1, 0.15) is 0 Å². The number of anilines is 1. The quantitative estimate of drug-likeness (QED) is 0.867. The molecule has 0 radical (unpaired) electrons. The third-order valence-electron chi connectivity index (χ3n) is 1.90. The second-order valence-electron chi connectivity index (χ2n) is 3.04. The van der Waals surface area contributed by atoms with Crippen LogP contribution in [0.15, 0.2) is 12.3 Å². The summed E-state index contributed by atoms with van der Waals surface area (Å²) in [6, 6.07) is 1.96. The maximum Gasteiger partial charge on any atom is 0.175 e. The van der Waals surface area contributed by atoms with Crippen LogP contribution in [0.2, 0.25) is 0 Å². The topological polar surface area (TPSA) is 34.2 Å². The normalized spacial score (nSPS) is 15.5. The van der Waals surface area contributed by atoms with Crippen LogP contribution in [0.25, 0.3) is 0 Å². The molecular formula is C9H11IN2O. The van der Waals surface area contributed by atoms with Gasteiger partial charge in [-0.05, 0) is 41.5 Å². The first-order chi connectivity index (χ1) is 6.31. The zero-order chi connectivity index (χ0) is 9.26. The minimum atomic E-state index is 0.421. The van der Waals surface area contributed by atoms with Gasteiger partial charge >= 0.3 is 0 Å². The van der Waals surface area contributed by atoms with E-state index in [0.29, 0.717) is 6.10 Å². The molecule has 1 heterocycles. The molecule has 13 heavy (non-hydrogen) atoms. The van der Waals surface area contributed by atoms with Crippen LogP contribution in [-0.2, 0) is 0 Å². The molecule has 4 heteroatoms. The van der Waals surface area contributed by atoms with E-state index < -0.39 is 0 Å². The first-order valence-electron chi connectivity index (χ1n) is 4.30. The fourth-order valence-corrected chi connectivity index (χ4v) is 1.61. The Morgan fingerprint density at radius 1 is 1.62 bits per heavy atom. The third kappa shape index (κ3) is 2.04. The van der Waals surface area contributed by atoms with Crippen LogP contribution in [0.3, 0.4) is 0 Å². The van der Waals surface area contributed by atoms with E-state index >= 15 is 0 Å². The number of hydrogen-bond acceptors (Lipinski definition) is 3. The van der Waals surface area contributed by atoms with E-state index in [-0.39, 0.29) is 0 Å². The highest BCUT2D eigenvalue weighted by molar-refractivity contribution is 14.1. The monoisotopic (exact) mass is 290 g/mol. The van der Waals surface area contributed by atoms with Crippen LogP contribution < -0.4 is 10.1 Å². The first-order valence-corrected chi connectivity index (χ1v) is 5.38. The lowest BCUT2D eigenvalue weighted by atomic mass is 10.4. The highest BCUT2D eigenvalue weighted by Crippen LogP contribution is 2.33. The van der Waals surface area contributed by atoms with Gasteiger partial charge in [0.15, 0.2) is 11.6 Å². The molecular weight excluding hydrogens is 279 g/mol. The Bertz CT molecular complexity index is 312. The molecule has 0 spiro atoms. The Kier molecular flexibility index (Phi) is 2.57. The van der Waals surface area contributed by atoms with Crippen LogP contribution >= 0.6 is 22.6 Å². The van der Waals surface area contributed by atoms with Gasteiger partial charge in [-0.2, -0.15) is 0 Å². The fourth-order valence-electron chi connectivity index (χ4n) is 1.07. The molecule has 0 saturated heterocycles. The molecule has 3 nitrogen and oxygen atoms in total. The van der Waals surface area contributed by atoms with Gasteiger partial charge in [0.05, 0.1) is 9.67 Å². The lowest BCUT2D eigenvalue weighted by Crippen LogP contribution is -2.03. The molecule has 2 rings (SSSR count). The van der Waals surface area contributed by atoms with Crippen molar-refractivity contribution >= 4 is 28.4 Å². The molecule has 1 aromatic heterocycles. The Morgan fingerprint density at radius 2 is 2.38 bits per heavy atom. The summed E-state index contributed by atoms with van der Waals surface area (Å²) in [4.78, 5) is 4.20. The highest BCUT2D eigenvalue weighted by Gasteiger charge is 2.25. The number of hydrogen-bond donors (Lipinski definition) is 1. The summed E-state index contributed by atoms with van der Waals surface area (Å²) >= 11 is 2.27. The number of aromatic nitrogens is 1. The van der Waals surface area contributed by atoms with Crippen molar-refractivity contribution in [2.75, 3.05) is 12.4 Å². The van der Waals surface area contributed by atoms with Gasteiger partial charge in [-0.1, -0.05) is 0 Å². The van der Waals surface area contributed by atoms with Crippen molar-refractivity contribution in [3.8, 4) is 5.75 Å². The van der Waals surface area contributed by atoms with E-state index in [0.717, 1.165) is 15.1 Å². The molecule has 0 bridgehead atoms. The molecule has 1 saturated carbocycles. The van der Waals surface area contributed by atoms with Crippen LogP contribution in [0, 0.1) is 3.57 Å². The van der Waals surface area contributed by atoms with Crippen molar-refractivity contribution in [3.63, 3.8) is 0 Å². The van der Waals surface area contributed by atoms with Crippen molar-refractivity contribution in [1.82, 2.24) is 4.98 Å². The minimum Gasteiger partial charge on any atom is -0.485 e. The van der Waals surface area contributed by atoms with Gasteiger partial charge in [-0.15, -0.1) is 0 Å². The van der Waals surface area contributed by atoms with E-state index in [4.69, 9.17) is 4.74 Å². The molecule has 1 fully saturated rings. The number of nitrogens with one attached hydrogen (secondary N) is 1. The Hall–Kier alpha value is -0.520. The van der Waals surface area contributed by atoms with Gasteiger partial charge in [-0.25, -0.2) is 4.98 Å². The van der Waals surface area contributed by atoms with Crippen molar-refractivity contribution in [1.29, 1.82) is 0 Å². The summed E-state index contributed by atoms with van der Waals surface area (Å²) < 4.78 is 6.86. The summed E-state index contributed by atoms with van der Waals surface area (Å²) in [5.74, 6) is 1.73. The van der Waals surface area contributed by atoms with E-state index in [1.807, 2.05) is 13.1 Å². The number of rotatable bonds is 3. The molecule has 1 aliphatic carbocycles.